The molecule has 4 heteroatoms. The fourth-order valence-corrected chi connectivity index (χ4v) is 1.65. The Morgan fingerprint density at radius 3 is 2.60 bits per heavy atom. The van der Waals surface area contributed by atoms with Crippen LogP contribution in [0.1, 0.15) is 15.2 Å². The van der Waals surface area contributed by atoms with E-state index in [1.165, 1.54) is 17.1 Å². The Morgan fingerprint density at radius 1 is 1.27 bits per heavy atom. The van der Waals surface area contributed by atoms with Crippen LogP contribution < -0.4 is 5.32 Å². The Morgan fingerprint density at radius 2 is 2.00 bits per heavy atom. The Balaban J connectivity index is 2.09. The average molecular weight is 218 g/mol. The lowest BCUT2D eigenvalue weighted by Gasteiger charge is -2.02. The van der Waals surface area contributed by atoms with Crippen LogP contribution in [0.2, 0.25) is 0 Å². The van der Waals surface area contributed by atoms with E-state index in [-0.39, 0.29) is 5.91 Å². The average Bonchev–Trinajstić information content (AvgIpc) is 2.74. The van der Waals surface area contributed by atoms with Crippen LogP contribution in [0.3, 0.4) is 0 Å². The van der Waals surface area contributed by atoms with Gasteiger partial charge in [0.15, 0.2) is 0 Å². The van der Waals surface area contributed by atoms with E-state index in [1.54, 1.807) is 12.3 Å². The van der Waals surface area contributed by atoms with Crippen LogP contribution in [0.15, 0.2) is 36.5 Å². The Hall–Kier alpha value is -1.68. The molecule has 1 N–H and O–H groups in total. The fraction of sp³-hybridized carbons (Fsp3) is 0.0909. The van der Waals surface area contributed by atoms with Crippen molar-refractivity contribution in [1.82, 2.24) is 4.37 Å². The zero-order valence-electron chi connectivity index (χ0n) is 8.23. The van der Waals surface area contributed by atoms with Crippen molar-refractivity contribution in [2.24, 2.45) is 0 Å². The van der Waals surface area contributed by atoms with E-state index in [2.05, 4.69) is 9.69 Å². The highest BCUT2D eigenvalue weighted by molar-refractivity contribution is 7.08. The number of nitrogens with zero attached hydrogens (tertiary/aromatic N) is 1. The van der Waals surface area contributed by atoms with Crippen LogP contribution in [0.5, 0.6) is 0 Å². The summed E-state index contributed by atoms with van der Waals surface area (Å²) in [7, 11) is 0. The molecule has 0 aliphatic carbocycles. The molecular weight excluding hydrogens is 208 g/mol. The first kappa shape index (κ1) is 9.86. The second-order valence-electron chi connectivity index (χ2n) is 3.20. The molecule has 0 fully saturated rings. The Kier molecular flexibility index (Phi) is 2.78. The summed E-state index contributed by atoms with van der Waals surface area (Å²) >= 11 is 1.19. The van der Waals surface area contributed by atoms with Crippen molar-refractivity contribution in [1.29, 1.82) is 0 Å². The first-order chi connectivity index (χ1) is 7.25. The molecule has 1 aromatic heterocycles. The summed E-state index contributed by atoms with van der Waals surface area (Å²) in [5.74, 6) is -0.110. The van der Waals surface area contributed by atoms with Gasteiger partial charge in [-0.25, -0.2) is 4.37 Å². The standard InChI is InChI=1S/C11H10N2OS/c1-8-2-4-9(5-3-8)13-11(14)10-6-7-12-15-10/h2-7H,1H3,(H,13,14). The van der Waals surface area contributed by atoms with E-state index < -0.39 is 0 Å². The third kappa shape index (κ3) is 2.41. The molecule has 15 heavy (non-hydrogen) atoms. The van der Waals surface area contributed by atoms with Gasteiger partial charge in [0.25, 0.3) is 5.91 Å². The number of hydrogen-bond acceptors (Lipinski definition) is 3. The molecule has 0 spiro atoms. The summed E-state index contributed by atoms with van der Waals surface area (Å²) in [6.07, 6.45) is 1.62. The molecule has 2 rings (SSSR count). The normalized spacial score (nSPS) is 9.93. The number of amides is 1. The van der Waals surface area contributed by atoms with E-state index in [4.69, 9.17) is 0 Å². The molecule has 3 nitrogen and oxygen atoms in total. The SMILES string of the molecule is Cc1ccc(NC(=O)c2ccns2)cc1. The molecule has 0 unspecified atom stereocenters. The predicted octanol–water partition coefficient (Wildman–Crippen LogP) is 2.70. The highest BCUT2D eigenvalue weighted by Crippen LogP contribution is 2.12. The summed E-state index contributed by atoms with van der Waals surface area (Å²) in [4.78, 5) is 12.2. The minimum atomic E-state index is -0.110. The maximum absolute atomic E-state index is 11.6. The minimum absolute atomic E-state index is 0.110. The quantitative estimate of drug-likeness (QED) is 0.842. The van der Waals surface area contributed by atoms with Crippen molar-refractivity contribution in [2.75, 3.05) is 5.32 Å². The Bertz CT molecular complexity index is 448. The smallest absolute Gasteiger partial charge is 0.267 e. The lowest BCUT2D eigenvalue weighted by molar-refractivity contribution is 0.103. The van der Waals surface area contributed by atoms with Gasteiger partial charge in [-0.2, -0.15) is 0 Å². The molecule has 76 valence electrons. The number of nitrogens with one attached hydrogen (secondary N) is 1. The molecule has 1 amide bonds. The highest BCUT2D eigenvalue weighted by Gasteiger charge is 2.06. The lowest BCUT2D eigenvalue weighted by atomic mass is 10.2. The fourth-order valence-electron chi connectivity index (χ4n) is 1.16. The number of carbonyl (C=O) groups excluding carboxylic acids is 1. The molecule has 0 aliphatic heterocycles. The van der Waals surface area contributed by atoms with Crippen LogP contribution in [0.4, 0.5) is 5.69 Å². The van der Waals surface area contributed by atoms with E-state index >= 15 is 0 Å². The molecular formula is C11H10N2OS. The first-order valence-corrected chi connectivity index (χ1v) is 5.32. The van der Waals surface area contributed by atoms with Gasteiger partial charge in [-0.05, 0) is 36.7 Å². The van der Waals surface area contributed by atoms with E-state index in [0.717, 1.165) is 5.69 Å². The third-order valence-corrected chi connectivity index (χ3v) is 2.72. The van der Waals surface area contributed by atoms with Gasteiger partial charge in [-0.15, -0.1) is 0 Å². The van der Waals surface area contributed by atoms with Gasteiger partial charge < -0.3 is 5.32 Å². The van der Waals surface area contributed by atoms with E-state index in [0.29, 0.717) is 4.88 Å². The van der Waals surface area contributed by atoms with Crippen LogP contribution in [0.25, 0.3) is 0 Å². The predicted molar refractivity (Wildman–Crippen MR) is 61.2 cm³/mol. The maximum Gasteiger partial charge on any atom is 0.267 e. The summed E-state index contributed by atoms with van der Waals surface area (Å²) < 4.78 is 3.88. The lowest BCUT2D eigenvalue weighted by Crippen LogP contribution is -2.09. The number of hydrogen-bond donors (Lipinski definition) is 1. The van der Waals surface area contributed by atoms with Gasteiger partial charge in [0.05, 0.1) is 0 Å². The van der Waals surface area contributed by atoms with Crippen molar-refractivity contribution in [3.63, 3.8) is 0 Å². The molecule has 0 radical (unpaired) electrons. The summed E-state index contributed by atoms with van der Waals surface area (Å²) in [6, 6.07) is 9.39. The largest absolute Gasteiger partial charge is 0.321 e. The molecule has 1 heterocycles. The van der Waals surface area contributed by atoms with E-state index in [1.807, 2.05) is 31.2 Å². The molecule has 1 aromatic carbocycles. The molecule has 0 saturated carbocycles. The third-order valence-electron chi connectivity index (χ3n) is 1.97. The number of aryl methyl sites for hydroxylation is 1. The van der Waals surface area contributed by atoms with Crippen molar-refractivity contribution in [3.8, 4) is 0 Å². The summed E-state index contributed by atoms with van der Waals surface area (Å²) in [5.41, 5.74) is 1.98. The highest BCUT2D eigenvalue weighted by atomic mass is 32.1. The second kappa shape index (κ2) is 4.23. The minimum Gasteiger partial charge on any atom is -0.321 e. The molecule has 0 saturated heterocycles. The van der Waals surface area contributed by atoms with Crippen molar-refractivity contribution in [3.05, 3.63) is 47.0 Å². The molecule has 0 aliphatic rings. The van der Waals surface area contributed by atoms with Gasteiger partial charge >= 0.3 is 0 Å². The zero-order chi connectivity index (χ0) is 10.7. The van der Waals surface area contributed by atoms with Crippen LogP contribution >= 0.6 is 11.5 Å². The van der Waals surface area contributed by atoms with Crippen LogP contribution in [-0.4, -0.2) is 10.3 Å². The zero-order valence-corrected chi connectivity index (χ0v) is 9.04. The summed E-state index contributed by atoms with van der Waals surface area (Å²) in [6.45, 7) is 2.01. The number of rotatable bonds is 2. The Labute approximate surface area is 91.9 Å². The van der Waals surface area contributed by atoms with Crippen LogP contribution in [-0.2, 0) is 0 Å². The van der Waals surface area contributed by atoms with Gasteiger partial charge in [0.2, 0.25) is 0 Å². The van der Waals surface area contributed by atoms with Crippen LogP contribution in [0, 0.1) is 6.92 Å². The number of aromatic nitrogens is 1. The van der Waals surface area contributed by atoms with E-state index in [9.17, 15) is 4.79 Å². The monoisotopic (exact) mass is 218 g/mol. The molecule has 0 atom stereocenters. The number of carbonyl (C=O) groups is 1. The first-order valence-electron chi connectivity index (χ1n) is 4.54. The summed E-state index contributed by atoms with van der Waals surface area (Å²) in [5, 5.41) is 2.80. The van der Waals surface area contributed by atoms with Gasteiger partial charge in [0, 0.05) is 11.9 Å². The molecule has 2 aromatic rings. The van der Waals surface area contributed by atoms with Gasteiger partial charge in [-0.3, -0.25) is 4.79 Å². The van der Waals surface area contributed by atoms with Crippen molar-refractivity contribution in [2.45, 2.75) is 6.92 Å². The maximum atomic E-state index is 11.6. The number of anilines is 1. The second-order valence-corrected chi connectivity index (χ2v) is 4.03. The number of benzene rings is 1. The van der Waals surface area contributed by atoms with Gasteiger partial charge in [-0.1, -0.05) is 17.7 Å². The topological polar surface area (TPSA) is 42.0 Å². The molecule has 0 bridgehead atoms. The van der Waals surface area contributed by atoms with Crippen molar-refractivity contribution >= 4 is 23.1 Å². The van der Waals surface area contributed by atoms with Gasteiger partial charge in [0.1, 0.15) is 4.88 Å². The van der Waals surface area contributed by atoms with Crippen molar-refractivity contribution < 1.29 is 4.79 Å².